The van der Waals surface area contributed by atoms with Crippen molar-refractivity contribution in [2.45, 2.75) is 32.6 Å². The van der Waals surface area contributed by atoms with Crippen molar-refractivity contribution in [2.24, 2.45) is 0 Å². The first-order valence-electron chi connectivity index (χ1n) is 3.94. The molecule has 0 bridgehead atoms. The third-order valence-electron chi connectivity index (χ3n) is 1.86. The Morgan fingerprint density at radius 2 is 2.40 bits per heavy atom. The Balaban J connectivity index is 2.35. The molecule has 1 rings (SSSR count). The standard InChI is InChI=1S/C9H13.Hf/c1-2-3-6-9-7-4-5-8-9;/h4-5H,2-3,6-7H2,1H3;. The topological polar surface area (TPSA) is 0 Å². The summed E-state index contributed by atoms with van der Waals surface area (Å²) in [7, 11) is 0. The Hall–Kier alpha value is 0.350. The van der Waals surface area contributed by atoms with E-state index in [9.17, 15) is 0 Å². The summed E-state index contributed by atoms with van der Waals surface area (Å²) in [4.78, 5) is 0. The zero-order chi connectivity index (χ0) is 7.40. The molecule has 0 N–H and O–H groups in total. The van der Waals surface area contributed by atoms with E-state index in [2.05, 4.69) is 19.1 Å². The van der Waals surface area contributed by atoms with Gasteiger partial charge < -0.3 is 0 Å². The van der Waals surface area contributed by atoms with Crippen LogP contribution in [0.2, 0.25) is 0 Å². The van der Waals surface area contributed by atoms with Crippen molar-refractivity contribution in [1.29, 1.82) is 0 Å². The number of allylic oxidation sites excluding steroid dienone is 4. The fourth-order valence-electron chi connectivity index (χ4n) is 1.17. The summed E-state index contributed by atoms with van der Waals surface area (Å²) in [5, 5.41) is 0. The second-order valence-corrected chi connectivity index (χ2v) is 4.66. The molecular formula is C9H13Hf. The second kappa shape index (κ2) is 4.27. The minimum atomic E-state index is 1.25. The van der Waals surface area contributed by atoms with Gasteiger partial charge in [-0.2, -0.15) is 0 Å². The van der Waals surface area contributed by atoms with Crippen LogP contribution in [-0.2, 0) is 24.4 Å². The van der Waals surface area contributed by atoms with Crippen molar-refractivity contribution in [1.82, 2.24) is 0 Å². The van der Waals surface area contributed by atoms with E-state index in [0.717, 1.165) is 0 Å². The SMILES string of the molecule is CCCCC1=[C]([Hf])C=CC1. The molecule has 10 heavy (non-hydrogen) atoms. The van der Waals surface area contributed by atoms with Gasteiger partial charge >= 0.3 is 78.0 Å². The monoisotopic (exact) mass is 301 g/mol. The first kappa shape index (κ1) is 8.45. The molecule has 0 fully saturated rings. The van der Waals surface area contributed by atoms with E-state index in [-0.39, 0.29) is 0 Å². The number of hydrogen-bond donors (Lipinski definition) is 0. The summed E-state index contributed by atoms with van der Waals surface area (Å²) in [6.45, 7) is 2.26. The predicted octanol–water partition coefficient (Wildman–Crippen LogP) is 2.94. The summed E-state index contributed by atoms with van der Waals surface area (Å²) in [5.41, 5.74) is 1.72. The first-order chi connectivity index (χ1) is 4.84. The molecule has 0 nitrogen and oxygen atoms in total. The van der Waals surface area contributed by atoms with Gasteiger partial charge in [-0.05, 0) is 0 Å². The van der Waals surface area contributed by atoms with E-state index in [0.29, 0.717) is 0 Å². The Bertz CT molecular complexity index is 166. The van der Waals surface area contributed by atoms with E-state index in [1.54, 1.807) is 8.90 Å². The fourth-order valence-corrected chi connectivity index (χ4v) is 2.41. The third-order valence-corrected chi connectivity index (χ3v) is 3.73. The zero-order valence-electron chi connectivity index (χ0n) is 6.48. The summed E-state index contributed by atoms with van der Waals surface area (Å²) >= 11 is 1.25. The van der Waals surface area contributed by atoms with Crippen LogP contribution < -0.4 is 0 Å². The van der Waals surface area contributed by atoms with Crippen molar-refractivity contribution in [2.75, 3.05) is 0 Å². The van der Waals surface area contributed by atoms with E-state index in [1.807, 2.05) is 0 Å². The molecule has 0 aromatic heterocycles. The molecule has 0 saturated heterocycles. The molecule has 0 heterocycles. The molecule has 0 aliphatic heterocycles. The average Bonchev–Trinajstić information content (AvgIpc) is 2.31. The molecule has 0 unspecified atom stereocenters. The van der Waals surface area contributed by atoms with Crippen LogP contribution >= 0.6 is 0 Å². The van der Waals surface area contributed by atoms with Crippen LogP contribution in [0.4, 0.5) is 0 Å². The van der Waals surface area contributed by atoms with Crippen LogP contribution in [0.1, 0.15) is 32.6 Å². The third kappa shape index (κ3) is 2.19. The molecule has 1 aliphatic rings. The van der Waals surface area contributed by atoms with Crippen LogP contribution in [-0.4, -0.2) is 0 Å². The molecule has 1 aliphatic carbocycles. The summed E-state index contributed by atoms with van der Waals surface area (Å²) in [5.74, 6) is 0. The van der Waals surface area contributed by atoms with Crippen LogP contribution in [0.5, 0.6) is 0 Å². The van der Waals surface area contributed by atoms with E-state index in [1.165, 1.54) is 50.1 Å². The Morgan fingerprint density at radius 3 is 2.90 bits per heavy atom. The predicted molar refractivity (Wildman–Crippen MR) is 40.3 cm³/mol. The molecule has 0 saturated carbocycles. The van der Waals surface area contributed by atoms with Gasteiger partial charge in [0.05, 0.1) is 0 Å². The molecular weight excluding hydrogens is 287 g/mol. The molecule has 0 amide bonds. The molecule has 0 spiro atoms. The van der Waals surface area contributed by atoms with E-state index < -0.39 is 0 Å². The van der Waals surface area contributed by atoms with Crippen molar-refractivity contribution >= 4 is 0 Å². The quantitative estimate of drug-likeness (QED) is 0.703. The van der Waals surface area contributed by atoms with Gasteiger partial charge in [0, 0.05) is 0 Å². The van der Waals surface area contributed by atoms with Gasteiger partial charge in [-0.15, -0.1) is 0 Å². The van der Waals surface area contributed by atoms with Crippen molar-refractivity contribution in [3.8, 4) is 0 Å². The first-order valence-corrected chi connectivity index (χ1v) is 5.74. The van der Waals surface area contributed by atoms with Gasteiger partial charge in [0.1, 0.15) is 0 Å². The molecule has 0 aromatic carbocycles. The molecule has 0 aromatic rings. The zero-order valence-corrected chi connectivity index (χ0v) is 10.1. The van der Waals surface area contributed by atoms with Crippen molar-refractivity contribution in [3.63, 3.8) is 0 Å². The molecule has 0 radical (unpaired) electrons. The van der Waals surface area contributed by atoms with Crippen molar-refractivity contribution < 1.29 is 24.4 Å². The van der Waals surface area contributed by atoms with Crippen molar-refractivity contribution in [3.05, 3.63) is 21.1 Å². The normalized spacial score (nSPS) is 16.8. The van der Waals surface area contributed by atoms with Gasteiger partial charge in [-0.25, -0.2) is 0 Å². The van der Waals surface area contributed by atoms with Gasteiger partial charge in [-0.1, -0.05) is 0 Å². The Morgan fingerprint density at radius 1 is 1.60 bits per heavy atom. The summed E-state index contributed by atoms with van der Waals surface area (Å²) < 4.78 is 1.65. The van der Waals surface area contributed by atoms with Gasteiger partial charge in [0.25, 0.3) is 0 Å². The maximum atomic E-state index is 2.30. The van der Waals surface area contributed by atoms with E-state index in [4.69, 9.17) is 0 Å². The second-order valence-electron chi connectivity index (χ2n) is 2.73. The van der Waals surface area contributed by atoms with Gasteiger partial charge in [0.15, 0.2) is 0 Å². The van der Waals surface area contributed by atoms with Crippen LogP contribution in [0.3, 0.4) is 0 Å². The van der Waals surface area contributed by atoms with Crippen LogP contribution in [0, 0.1) is 0 Å². The number of rotatable bonds is 3. The number of hydrogen-bond acceptors (Lipinski definition) is 0. The minimum absolute atomic E-state index is 1.25. The fraction of sp³-hybridized carbons (Fsp3) is 0.556. The Labute approximate surface area is 78.0 Å². The maximum absolute atomic E-state index is 2.30. The molecule has 1 heteroatoms. The molecule has 0 atom stereocenters. The summed E-state index contributed by atoms with van der Waals surface area (Å²) in [6.07, 6.45) is 9.91. The van der Waals surface area contributed by atoms with Gasteiger partial charge in [-0.3, -0.25) is 0 Å². The Kier molecular flexibility index (Phi) is 3.61. The van der Waals surface area contributed by atoms with Crippen LogP contribution in [0.25, 0.3) is 0 Å². The van der Waals surface area contributed by atoms with Gasteiger partial charge in [0.2, 0.25) is 0 Å². The number of unbranched alkanes of at least 4 members (excludes halogenated alkanes) is 1. The van der Waals surface area contributed by atoms with E-state index >= 15 is 0 Å². The molecule has 53 valence electrons. The average molecular weight is 300 g/mol. The summed E-state index contributed by atoms with van der Waals surface area (Å²) in [6, 6.07) is 0. The van der Waals surface area contributed by atoms with Crippen LogP contribution in [0.15, 0.2) is 21.1 Å².